The molecule has 0 radical (unpaired) electrons. The van der Waals surface area contributed by atoms with Gasteiger partial charge in [-0.25, -0.2) is 4.99 Å². The number of rotatable bonds is 7. The first-order valence-electron chi connectivity index (χ1n) is 9.08. The summed E-state index contributed by atoms with van der Waals surface area (Å²) in [5, 5.41) is 6.87. The quantitative estimate of drug-likeness (QED) is 0.530. The van der Waals surface area contributed by atoms with Gasteiger partial charge >= 0.3 is 0 Å². The van der Waals surface area contributed by atoms with Crippen molar-refractivity contribution in [1.29, 1.82) is 0 Å². The largest absolute Gasteiger partial charge is 0.469 e. The molecule has 1 saturated heterocycles. The zero-order valence-electron chi connectivity index (χ0n) is 15.1. The molecular formula is C20H26BrN3O2. The van der Waals surface area contributed by atoms with E-state index in [1.165, 1.54) is 11.1 Å². The van der Waals surface area contributed by atoms with Gasteiger partial charge in [0, 0.05) is 36.5 Å². The second kappa shape index (κ2) is 9.78. The highest BCUT2D eigenvalue weighted by atomic mass is 79.9. The van der Waals surface area contributed by atoms with Crippen LogP contribution in [0.15, 0.2) is 50.5 Å². The first kappa shape index (κ1) is 19.0. The maximum absolute atomic E-state index is 5.46. The lowest BCUT2D eigenvalue weighted by Crippen LogP contribution is -2.40. The molecule has 3 rings (SSSR count). The number of halogens is 1. The highest BCUT2D eigenvalue weighted by molar-refractivity contribution is 9.10. The van der Waals surface area contributed by atoms with Crippen LogP contribution < -0.4 is 10.6 Å². The molecule has 1 aliphatic rings. The number of benzene rings is 1. The van der Waals surface area contributed by atoms with Crippen molar-refractivity contribution in [2.24, 2.45) is 10.9 Å². The maximum Gasteiger partial charge on any atom is 0.191 e. The van der Waals surface area contributed by atoms with Crippen molar-refractivity contribution in [3.8, 4) is 0 Å². The van der Waals surface area contributed by atoms with Gasteiger partial charge in [-0.15, -0.1) is 0 Å². The normalized spacial score (nSPS) is 17.5. The number of ether oxygens (including phenoxy) is 1. The monoisotopic (exact) mass is 419 g/mol. The predicted molar refractivity (Wildman–Crippen MR) is 107 cm³/mol. The van der Waals surface area contributed by atoms with Crippen molar-refractivity contribution in [1.82, 2.24) is 10.6 Å². The molecule has 1 aromatic heterocycles. The first-order valence-corrected chi connectivity index (χ1v) is 9.87. The highest BCUT2D eigenvalue weighted by Crippen LogP contribution is 2.16. The third-order valence-corrected chi connectivity index (χ3v) is 5.03. The lowest BCUT2D eigenvalue weighted by Gasteiger charge is -2.15. The molecule has 2 N–H and O–H groups in total. The molecule has 1 fully saturated rings. The topological polar surface area (TPSA) is 58.8 Å². The summed E-state index contributed by atoms with van der Waals surface area (Å²) in [5.41, 5.74) is 2.46. The van der Waals surface area contributed by atoms with Gasteiger partial charge in [-0.1, -0.05) is 22.0 Å². The van der Waals surface area contributed by atoms with E-state index >= 15 is 0 Å². The molecule has 6 heteroatoms. The third kappa shape index (κ3) is 5.88. The minimum absolute atomic E-state index is 0.557. The Morgan fingerprint density at radius 3 is 2.96 bits per heavy atom. The van der Waals surface area contributed by atoms with Crippen LogP contribution in [0.25, 0.3) is 0 Å². The Morgan fingerprint density at radius 2 is 2.23 bits per heavy atom. The van der Waals surface area contributed by atoms with E-state index in [4.69, 9.17) is 14.1 Å². The first-order chi connectivity index (χ1) is 12.7. The van der Waals surface area contributed by atoms with E-state index in [-0.39, 0.29) is 0 Å². The Labute approximate surface area is 163 Å². The zero-order valence-corrected chi connectivity index (χ0v) is 16.7. The second-order valence-corrected chi connectivity index (χ2v) is 7.52. The number of nitrogens with one attached hydrogen (secondary N) is 2. The Kier molecular flexibility index (Phi) is 7.14. The fraction of sp³-hybridized carbons (Fsp3) is 0.450. The number of hydrogen-bond acceptors (Lipinski definition) is 3. The summed E-state index contributed by atoms with van der Waals surface area (Å²) in [6.07, 6.45) is 3.65. The van der Waals surface area contributed by atoms with Crippen LogP contribution in [-0.4, -0.2) is 32.3 Å². The van der Waals surface area contributed by atoms with Crippen molar-refractivity contribution in [2.75, 3.05) is 26.3 Å². The average molecular weight is 420 g/mol. The molecule has 1 atom stereocenters. The molecule has 1 aromatic carbocycles. The number of hydrogen-bond donors (Lipinski definition) is 2. The van der Waals surface area contributed by atoms with Crippen LogP contribution in [0.1, 0.15) is 23.3 Å². The molecular weight excluding hydrogens is 394 g/mol. The van der Waals surface area contributed by atoms with Gasteiger partial charge in [0.25, 0.3) is 0 Å². The maximum atomic E-state index is 5.46. The number of nitrogens with zero attached hydrogens (tertiary/aromatic N) is 1. The summed E-state index contributed by atoms with van der Waals surface area (Å²) < 4.78 is 11.9. The number of guanidine groups is 1. The van der Waals surface area contributed by atoms with Gasteiger partial charge in [0.05, 0.1) is 19.4 Å². The van der Waals surface area contributed by atoms with E-state index in [1.807, 2.05) is 12.1 Å². The van der Waals surface area contributed by atoms with E-state index in [0.717, 1.165) is 55.3 Å². The van der Waals surface area contributed by atoms with Crippen molar-refractivity contribution in [3.05, 3.63) is 58.0 Å². The third-order valence-electron chi connectivity index (χ3n) is 4.54. The van der Waals surface area contributed by atoms with E-state index in [2.05, 4.69) is 51.7 Å². The van der Waals surface area contributed by atoms with Crippen LogP contribution in [0.3, 0.4) is 0 Å². The molecule has 0 amide bonds. The van der Waals surface area contributed by atoms with Crippen molar-refractivity contribution in [2.45, 2.75) is 26.3 Å². The molecule has 2 heterocycles. The van der Waals surface area contributed by atoms with Crippen LogP contribution in [0, 0.1) is 12.8 Å². The lowest BCUT2D eigenvalue weighted by molar-refractivity contribution is 0.186. The Hall–Kier alpha value is -1.79. The van der Waals surface area contributed by atoms with Gasteiger partial charge in [0.2, 0.25) is 0 Å². The van der Waals surface area contributed by atoms with E-state index in [1.54, 1.807) is 6.26 Å². The zero-order chi connectivity index (χ0) is 18.2. The Balaban J connectivity index is 1.58. The van der Waals surface area contributed by atoms with Gasteiger partial charge in [0.1, 0.15) is 5.76 Å². The van der Waals surface area contributed by atoms with Crippen LogP contribution >= 0.6 is 15.9 Å². The number of aliphatic imine (C=N–C) groups is 1. The summed E-state index contributed by atoms with van der Waals surface area (Å²) >= 11 is 3.51. The summed E-state index contributed by atoms with van der Waals surface area (Å²) in [6, 6.07) is 10.2. The van der Waals surface area contributed by atoms with Crippen LogP contribution in [0.2, 0.25) is 0 Å². The molecule has 2 aromatic rings. The Bertz CT molecular complexity index is 710. The van der Waals surface area contributed by atoms with E-state index in [0.29, 0.717) is 12.5 Å². The highest BCUT2D eigenvalue weighted by Gasteiger charge is 2.15. The number of aryl methyl sites for hydroxylation is 1. The molecule has 140 valence electrons. The van der Waals surface area contributed by atoms with Crippen LogP contribution in [-0.2, 0) is 17.7 Å². The summed E-state index contributed by atoms with van der Waals surface area (Å²) in [6.45, 7) is 6.12. The lowest BCUT2D eigenvalue weighted by atomic mass is 10.1. The van der Waals surface area contributed by atoms with Crippen LogP contribution in [0.5, 0.6) is 0 Å². The van der Waals surface area contributed by atoms with Gasteiger partial charge in [-0.2, -0.15) is 0 Å². The van der Waals surface area contributed by atoms with Gasteiger partial charge in [-0.05, 0) is 48.7 Å². The van der Waals surface area contributed by atoms with Gasteiger partial charge < -0.3 is 19.8 Å². The van der Waals surface area contributed by atoms with Crippen molar-refractivity contribution < 1.29 is 9.15 Å². The number of furan rings is 1. The fourth-order valence-corrected chi connectivity index (χ4v) is 3.40. The summed E-state index contributed by atoms with van der Waals surface area (Å²) in [5.74, 6) is 2.37. The summed E-state index contributed by atoms with van der Waals surface area (Å²) in [4.78, 5) is 4.77. The fourth-order valence-electron chi connectivity index (χ4n) is 2.92. The molecule has 0 aliphatic carbocycles. The molecule has 1 aliphatic heterocycles. The van der Waals surface area contributed by atoms with Crippen molar-refractivity contribution in [3.63, 3.8) is 0 Å². The molecule has 1 unspecified atom stereocenters. The van der Waals surface area contributed by atoms with Gasteiger partial charge in [0.15, 0.2) is 5.96 Å². The molecule has 0 saturated carbocycles. The smallest absolute Gasteiger partial charge is 0.191 e. The Morgan fingerprint density at radius 1 is 1.31 bits per heavy atom. The standard InChI is InChI=1S/C20H26BrN3O2/c1-15-11-18(21)5-4-17(15)13-24-20(23-12-16-7-10-25-14-16)22-8-6-19-3-2-9-26-19/h2-5,9,11,16H,6-8,10,12-14H2,1H3,(H2,22,23,24). The van der Waals surface area contributed by atoms with E-state index < -0.39 is 0 Å². The second-order valence-electron chi connectivity index (χ2n) is 6.60. The van der Waals surface area contributed by atoms with Crippen molar-refractivity contribution >= 4 is 21.9 Å². The van der Waals surface area contributed by atoms with Crippen LogP contribution in [0.4, 0.5) is 0 Å². The van der Waals surface area contributed by atoms with E-state index in [9.17, 15) is 0 Å². The minimum Gasteiger partial charge on any atom is -0.469 e. The van der Waals surface area contributed by atoms with Gasteiger partial charge in [-0.3, -0.25) is 0 Å². The summed E-state index contributed by atoms with van der Waals surface area (Å²) in [7, 11) is 0. The average Bonchev–Trinajstić information content (AvgIpc) is 3.32. The molecule has 26 heavy (non-hydrogen) atoms. The minimum atomic E-state index is 0.557. The predicted octanol–water partition coefficient (Wildman–Crippen LogP) is 3.66. The molecule has 0 spiro atoms. The SMILES string of the molecule is Cc1cc(Br)ccc1CN=C(NCCc1ccco1)NCC1CCOC1. The molecule has 0 bridgehead atoms. The molecule has 5 nitrogen and oxygen atoms in total.